The summed E-state index contributed by atoms with van der Waals surface area (Å²) >= 11 is 0. The summed E-state index contributed by atoms with van der Waals surface area (Å²) < 4.78 is 0. The summed E-state index contributed by atoms with van der Waals surface area (Å²) in [4.78, 5) is 35.1. The topological polar surface area (TPSA) is 86.7 Å². The lowest BCUT2D eigenvalue weighted by atomic mass is 10.1. The van der Waals surface area contributed by atoms with Gasteiger partial charge in [0.25, 0.3) is 0 Å². The number of rotatable bonds is 2. The maximum absolute atomic E-state index is 11.9. The van der Waals surface area contributed by atoms with Gasteiger partial charge in [-0.1, -0.05) is 0 Å². The zero-order valence-electron chi connectivity index (χ0n) is 8.81. The molecule has 2 heterocycles. The van der Waals surface area contributed by atoms with Gasteiger partial charge in [0.1, 0.15) is 6.04 Å². The molecule has 2 fully saturated rings. The molecule has 0 radical (unpaired) electrons. The van der Waals surface area contributed by atoms with Crippen molar-refractivity contribution in [2.45, 2.75) is 25.3 Å². The Labute approximate surface area is 92.6 Å². The van der Waals surface area contributed by atoms with Gasteiger partial charge < -0.3 is 15.3 Å². The van der Waals surface area contributed by atoms with E-state index >= 15 is 0 Å². The first kappa shape index (κ1) is 10.9. The number of amides is 2. The first-order valence-corrected chi connectivity index (χ1v) is 5.39. The van der Waals surface area contributed by atoms with E-state index in [2.05, 4.69) is 5.32 Å². The molecule has 0 spiro atoms. The lowest BCUT2D eigenvalue weighted by molar-refractivity contribution is -0.141. The SMILES string of the molecule is O=C1CCC(C(=O)N2CCC(C(=O)O)C2)N1. The second-order valence-electron chi connectivity index (χ2n) is 4.27. The van der Waals surface area contributed by atoms with Crippen LogP contribution in [0.1, 0.15) is 19.3 Å². The van der Waals surface area contributed by atoms with Gasteiger partial charge in [-0.25, -0.2) is 0 Å². The molecular formula is C10H14N2O4. The van der Waals surface area contributed by atoms with E-state index in [0.29, 0.717) is 25.8 Å². The minimum absolute atomic E-state index is 0.104. The number of carboxylic acid groups (broad SMARTS) is 1. The van der Waals surface area contributed by atoms with Gasteiger partial charge in [-0.3, -0.25) is 14.4 Å². The third kappa shape index (κ3) is 2.00. The Balaban J connectivity index is 1.92. The number of carbonyl (C=O) groups excluding carboxylic acids is 2. The highest BCUT2D eigenvalue weighted by molar-refractivity contribution is 5.91. The van der Waals surface area contributed by atoms with E-state index in [1.165, 1.54) is 4.90 Å². The molecule has 2 rings (SSSR count). The van der Waals surface area contributed by atoms with Crippen molar-refractivity contribution >= 4 is 17.8 Å². The first-order valence-electron chi connectivity index (χ1n) is 5.39. The van der Waals surface area contributed by atoms with Crippen LogP contribution in [-0.4, -0.2) is 46.9 Å². The molecule has 2 atom stereocenters. The van der Waals surface area contributed by atoms with Crippen molar-refractivity contribution in [2.24, 2.45) is 5.92 Å². The van der Waals surface area contributed by atoms with E-state index in [9.17, 15) is 14.4 Å². The van der Waals surface area contributed by atoms with Gasteiger partial charge in [0.15, 0.2) is 0 Å². The molecule has 88 valence electrons. The molecule has 16 heavy (non-hydrogen) atoms. The molecule has 0 aromatic carbocycles. The number of carboxylic acids is 1. The third-order valence-electron chi connectivity index (χ3n) is 3.14. The van der Waals surface area contributed by atoms with E-state index in [1.54, 1.807) is 0 Å². The number of likely N-dealkylation sites (tertiary alicyclic amines) is 1. The number of nitrogens with zero attached hydrogens (tertiary/aromatic N) is 1. The third-order valence-corrected chi connectivity index (χ3v) is 3.14. The van der Waals surface area contributed by atoms with E-state index in [-0.39, 0.29) is 18.4 Å². The van der Waals surface area contributed by atoms with Crippen molar-refractivity contribution in [3.05, 3.63) is 0 Å². The first-order chi connectivity index (χ1) is 7.58. The molecule has 0 aliphatic carbocycles. The van der Waals surface area contributed by atoms with Crippen LogP contribution in [-0.2, 0) is 14.4 Å². The summed E-state index contributed by atoms with van der Waals surface area (Å²) in [6.07, 6.45) is 1.40. The number of nitrogens with one attached hydrogen (secondary N) is 1. The summed E-state index contributed by atoms with van der Waals surface area (Å²) in [7, 11) is 0. The highest BCUT2D eigenvalue weighted by Gasteiger charge is 2.36. The molecule has 0 saturated carbocycles. The fourth-order valence-electron chi connectivity index (χ4n) is 2.18. The standard InChI is InChI=1S/C10H14N2O4/c13-8-2-1-7(11-8)9(14)12-4-3-6(5-12)10(15)16/h6-7H,1-5H2,(H,11,13)(H,15,16). The van der Waals surface area contributed by atoms with Gasteiger partial charge in [-0.05, 0) is 12.8 Å². The lowest BCUT2D eigenvalue weighted by Gasteiger charge is -2.19. The summed E-state index contributed by atoms with van der Waals surface area (Å²) in [6, 6.07) is -0.444. The molecule has 0 aromatic heterocycles. The van der Waals surface area contributed by atoms with Gasteiger partial charge in [0, 0.05) is 19.5 Å². The number of hydrogen-bond acceptors (Lipinski definition) is 3. The Bertz CT molecular complexity index is 342. The van der Waals surface area contributed by atoms with Crippen molar-refractivity contribution in [1.82, 2.24) is 10.2 Å². The van der Waals surface area contributed by atoms with Crippen LogP contribution in [0.4, 0.5) is 0 Å². The Morgan fingerprint density at radius 1 is 1.38 bits per heavy atom. The van der Waals surface area contributed by atoms with Crippen LogP contribution in [0.15, 0.2) is 0 Å². The Kier molecular flexibility index (Phi) is 2.80. The smallest absolute Gasteiger partial charge is 0.308 e. The van der Waals surface area contributed by atoms with Crippen LogP contribution in [0.3, 0.4) is 0 Å². The van der Waals surface area contributed by atoms with E-state index in [1.807, 2.05) is 0 Å². The minimum atomic E-state index is -0.856. The van der Waals surface area contributed by atoms with Crippen LogP contribution < -0.4 is 5.32 Å². The molecular weight excluding hydrogens is 212 g/mol. The van der Waals surface area contributed by atoms with Crippen molar-refractivity contribution < 1.29 is 19.5 Å². The van der Waals surface area contributed by atoms with Crippen molar-refractivity contribution in [3.8, 4) is 0 Å². The maximum atomic E-state index is 11.9. The Hall–Kier alpha value is -1.59. The molecule has 6 nitrogen and oxygen atoms in total. The van der Waals surface area contributed by atoms with Gasteiger partial charge in [-0.15, -0.1) is 0 Å². The normalized spacial score (nSPS) is 29.2. The fourth-order valence-corrected chi connectivity index (χ4v) is 2.18. The Morgan fingerprint density at radius 3 is 2.62 bits per heavy atom. The zero-order chi connectivity index (χ0) is 11.7. The zero-order valence-corrected chi connectivity index (χ0v) is 8.81. The second-order valence-corrected chi connectivity index (χ2v) is 4.27. The van der Waals surface area contributed by atoms with Crippen LogP contribution in [0, 0.1) is 5.92 Å². The summed E-state index contributed by atoms with van der Waals surface area (Å²) in [5.41, 5.74) is 0. The molecule has 6 heteroatoms. The van der Waals surface area contributed by atoms with E-state index in [4.69, 9.17) is 5.11 Å². The van der Waals surface area contributed by atoms with Crippen LogP contribution in [0.25, 0.3) is 0 Å². The van der Waals surface area contributed by atoms with Crippen LogP contribution >= 0.6 is 0 Å². The quantitative estimate of drug-likeness (QED) is 0.645. The largest absolute Gasteiger partial charge is 0.481 e. The highest BCUT2D eigenvalue weighted by atomic mass is 16.4. The maximum Gasteiger partial charge on any atom is 0.308 e. The van der Waals surface area contributed by atoms with Gasteiger partial charge >= 0.3 is 5.97 Å². The monoisotopic (exact) mass is 226 g/mol. The molecule has 2 unspecified atom stereocenters. The molecule has 2 N–H and O–H groups in total. The predicted molar refractivity (Wildman–Crippen MR) is 53.5 cm³/mol. The summed E-state index contributed by atoms with van der Waals surface area (Å²) in [5, 5.41) is 11.4. The Morgan fingerprint density at radius 2 is 2.12 bits per heavy atom. The molecule has 0 aromatic rings. The summed E-state index contributed by atoms with van der Waals surface area (Å²) in [5.74, 6) is -1.56. The highest BCUT2D eigenvalue weighted by Crippen LogP contribution is 2.19. The second kappa shape index (κ2) is 4.11. The molecule has 2 saturated heterocycles. The molecule has 2 aliphatic heterocycles. The van der Waals surface area contributed by atoms with Crippen LogP contribution in [0.5, 0.6) is 0 Å². The van der Waals surface area contributed by atoms with Crippen molar-refractivity contribution in [2.75, 3.05) is 13.1 Å². The average Bonchev–Trinajstić information content (AvgIpc) is 2.84. The number of hydrogen-bond donors (Lipinski definition) is 2. The summed E-state index contributed by atoms with van der Waals surface area (Å²) in [6.45, 7) is 0.739. The van der Waals surface area contributed by atoms with E-state index in [0.717, 1.165) is 0 Å². The predicted octanol–water partition coefficient (Wildman–Crippen LogP) is -0.802. The number of carbonyl (C=O) groups is 3. The lowest BCUT2D eigenvalue weighted by Crippen LogP contribution is -2.43. The van der Waals surface area contributed by atoms with Crippen LogP contribution in [0.2, 0.25) is 0 Å². The number of aliphatic carboxylic acids is 1. The fraction of sp³-hybridized carbons (Fsp3) is 0.700. The average molecular weight is 226 g/mol. The molecule has 0 bridgehead atoms. The molecule has 2 aliphatic rings. The minimum Gasteiger partial charge on any atom is -0.481 e. The molecule has 2 amide bonds. The van der Waals surface area contributed by atoms with Crippen molar-refractivity contribution in [3.63, 3.8) is 0 Å². The van der Waals surface area contributed by atoms with Crippen molar-refractivity contribution in [1.29, 1.82) is 0 Å². The van der Waals surface area contributed by atoms with Gasteiger partial charge in [0.05, 0.1) is 5.92 Å². The van der Waals surface area contributed by atoms with Gasteiger partial charge in [0.2, 0.25) is 11.8 Å². The van der Waals surface area contributed by atoms with Gasteiger partial charge in [-0.2, -0.15) is 0 Å². The van der Waals surface area contributed by atoms with E-state index < -0.39 is 17.9 Å².